The molecule has 1 amide bonds. The first-order valence-electron chi connectivity index (χ1n) is 6.35. The molecule has 20 heavy (non-hydrogen) atoms. The Morgan fingerprint density at radius 1 is 1.20 bits per heavy atom. The van der Waals surface area contributed by atoms with E-state index in [1.165, 1.54) is 21.3 Å². The molecular formula is C14H22N2O4. The van der Waals surface area contributed by atoms with Gasteiger partial charge in [-0.2, -0.15) is 0 Å². The maximum atomic E-state index is 11.9. The predicted octanol–water partition coefficient (Wildman–Crippen LogP) is 1.64. The number of hydrogen-bond acceptors (Lipinski definition) is 5. The van der Waals surface area contributed by atoms with Crippen molar-refractivity contribution >= 4 is 11.6 Å². The van der Waals surface area contributed by atoms with Crippen molar-refractivity contribution in [3.63, 3.8) is 0 Å². The van der Waals surface area contributed by atoms with Crippen LogP contribution >= 0.6 is 0 Å². The zero-order valence-corrected chi connectivity index (χ0v) is 12.4. The average molecular weight is 282 g/mol. The van der Waals surface area contributed by atoms with Gasteiger partial charge in [-0.05, 0) is 12.5 Å². The van der Waals surface area contributed by atoms with E-state index in [9.17, 15) is 4.79 Å². The molecule has 1 rings (SSSR count). The molecule has 1 aromatic rings. The van der Waals surface area contributed by atoms with E-state index in [-0.39, 0.29) is 11.8 Å². The van der Waals surface area contributed by atoms with E-state index in [4.69, 9.17) is 19.9 Å². The number of anilines is 1. The largest absolute Gasteiger partial charge is 0.493 e. The van der Waals surface area contributed by atoms with E-state index in [2.05, 4.69) is 5.32 Å². The molecule has 0 radical (unpaired) electrons. The molecule has 0 fully saturated rings. The zero-order valence-electron chi connectivity index (χ0n) is 12.4. The van der Waals surface area contributed by atoms with Crippen LogP contribution in [-0.2, 0) is 4.79 Å². The van der Waals surface area contributed by atoms with Crippen LogP contribution in [0.5, 0.6) is 17.2 Å². The molecule has 6 nitrogen and oxygen atoms in total. The third-order valence-corrected chi connectivity index (χ3v) is 2.88. The van der Waals surface area contributed by atoms with Crippen molar-refractivity contribution in [3.8, 4) is 17.2 Å². The normalized spacial score (nSPS) is 11.7. The maximum absolute atomic E-state index is 11.9. The molecule has 0 saturated heterocycles. The summed E-state index contributed by atoms with van der Waals surface area (Å²) in [5.74, 6) is 1.51. The molecule has 0 saturated carbocycles. The molecule has 0 heterocycles. The number of carbonyl (C=O) groups is 1. The minimum Gasteiger partial charge on any atom is -0.493 e. The van der Waals surface area contributed by atoms with E-state index >= 15 is 0 Å². The highest BCUT2D eigenvalue weighted by Gasteiger charge is 2.15. The van der Waals surface area contributed by atoms with Gasteiger partial charge in [-0.25, -0.2) is 0 Å². The number of benzene rings is 1. The van der Waals surface area contributed by atoms with Crippen LogP contribution in [0, 0.1) is 5.92 Å². The van der Waals surface area contributed by atoms with Crippen LogP contribution in [-0.4, -0.2) is 33.8 Å². The van der Waals surface area contributed by atoms with Crippen LogP contribution in [0.2, 0.25) is 0 Å². The van der Waals surface area contributed by atoms with Crippen molar-refractivity contribution in [2.75, 3.05) is 33.2 Å². The molecule has 0 aromatic heterocycles. The third kappa shape index (κ3) is 4.03. The van der Waals surface area contributed by atoms with Gasteiger partial charge in [-0.1, -0.05) is 6.92 Å². The van der Waals surface area contributed by atoms with E-state index in [0.29, 0.717) is 35.9 Å². The standard InChI is InChI=1S/C14H22N2O4/c1-9(8-15)5-13(17)16-10-6-11(18-2)14(20-4)12(7-10)19-3/h6-7,9H,5,8,15H2,1-4H3,(H,16,17). The monoisotopic (exact) mass is 282 g/mol. The number of methoxy groups -OCH3 is 3. The van der Waals surface area contributed by atoms with Crippen molar-refractivity contribution in [1.29, 1.82) is 0 Å². The molecule has 0 bridgehead atoms. The Bertz CT molecular complexity index is 437. The number of amides is 1. The smallest absolute Gasteiger partial charge is 0.224 e. The minimum atomic E-state index is -0.0998. The first-order chi connectivity index (χ1) is 9.55. The Balaban J connectivity index is 2.93. The van der Waals surface area contributed by atoms with Gasteiger partial charge in [0.1, 0.15) is 0 Å². The lowest BCUT2D eigenvalue weighted by atomic mass is 10.1. The fraction of sp³-hybridized carbons (Fsp3) is 0.500. The van der Waals surface area contributed by atoms with Crippen molar-refractivity contribution in [2.45, 2.75) is 13.3 Å². The molecule has 6 heteroatoms. The van der Waals surface area contributed by atoms with Crippen LogP contribution < -0.4 is 25.3 Å². The van der Waals surface area contributed by atoms with Gasteiger partial charge in [0, 0.05) is 24.2 Å². The van der Waals surface area contributed by atoms with Crippen LogP contribution in [0.4, 0.5) is 5.69 Å². The van der Waals surface area contributed by atoms with E-state index in [1.807, 2.05) is 6.92 Å². The third-order valence-electron chi connectivity index (χ3n) is 2.88. The summed E-state index contributed by atoms with van der Waals surface area (Å²) < 4.78 is 15.7. The van der Waals surface area contributed by atoms with Gasteiger partial charge in [0.2, 0.25) is 11.7 Å². The van der Waals surface area contributed by atoms with Crippen LogP contribution in [0.25, 0.3) is 0 Å². The van der Waals surface area contributed by atoms with Crippen molar-refractivity contribution < 1.29 is 19.0 Å². The highest BCUT2D eigenvalue weighted by molar-refractivity contribution is 5.91. The Hall–Kier alpha value is -1.95. The number of nitrogens with two attached hydrogens (primary N) is 1. The first kappa shape index (κ1) is 16.1. The van der Waals surface area contributed by atoms with Gasteiger partial charge in [-0.15, -0.1) is 0 Å². The predicted molar refractivity (Wildman–Crippen MR) is 77.6 cm³/mol. The molecule has 1 unspecified atom stereocenters. The van der Waals surface area contributed by atoms with Crippen molar-refractivity contribution in [3.05, 3.63) is 12.1 Å². The summed E-state index contributed by atoms with van der Waals surface area (Å²) in [6, 6.07) is 3.37. The second kappa shape index (κ2) is 7.59. The quantitative estimate of drug-likeness (QED) is 0.794. The summed E-state index contributed by atoms with van der Waals surface area (Å²) in [6.07, 6.45) is 0.368. The van der Waals surface area contributed by atoms with Gasteiger partial charge < -0.3 is 25.3 Å². The fourth-order valence-electron chi connectivity index (χ4n) is 1.77. The van der Waals surface area contributed by atoms with Gasteiger partial charge in [0.05, 0.1) is 21.3 Å². The molecule has 1 aromatic carbocycles. The first-order valence-corrected chi connectivity index (χ1v) is 6.35. The fourth-order valence-corrected chi connectivity index (χ4v) is 1.77. The molecule has 0 spiro atoms. The molecule has 112 valence electrons. The Labute approximate surface area is 119 Å². The highest BCUT2D eigenvalue weighted by atomic mass is 16.5. The highest BCUT2D eigenvalue weighted by Crippen LogP contribution is 2.39. The maximum Gasteiger partial charge on any atom is 0.224 e. The Morgan fingerprint density at radius 2 is 1.75 bits per heavy atom. The van der Waals surface area contributed by atoms with E-state index < -0.39 is 0 Å². The number of rotatable bonds is 7. The van der Waals surface area contributed by atoms with Crippen molar-refractivity contribution in [1.82, 2.24) is 0 Å². The summed E-state index contributed by atoms with van der Waals surface area (Å²) in [4.78, 5) is 11.9. The molecule has 1 atom stereocenters. The number of hydrogen-bond donors (Lipinski definition) is 2. The molecular weight excluding hydrogens is 260 g/mol. The summed E-state index contributed by atoms with van der Waals surface area (Å²) in [5, 5.41) is 2.80. The Morgan fingerprint density at radius 3 is 2.15 bits per heavy atom. The Kier molecular flexibility index (Phi) is 6.11. The summed E-state index contributed by atoms with van der Waals surface area (Å²) in [5.41, 5.74) is 6.10. The van der Waals surface area contributed by atoms with Crippen molar-refractivity contribution in [2.24, 2.45) is 11.7 Å². The second-order valence-electron chi connectivity index (χ2n) is 4.51. The lowest BCUT2D eigenvalue weighted by molar-refractivity contribution is -0.116. The molecule has 3 N–H and O–H groups in total. The van der Waals surface area contributed by atoms with Gasteiger partial charge in [0.15, 0.2) is 11.5 Å². The second-order valence-corrected chi connectivity index (χ2v) is 4.51. The summed E-state index contributed by atoms with van der Waals surface area (Å²) in [7, 11) is 4.58. The summed E-state index contributed by atoms with van der Waals surface area (Å²) >= 11 is 0. The number of ether oxygens (including phenoxy) is 3. The van der Waals surface area contributed by atoms with Crippen LogP contribution in [0.3, 0.4) is 0 Å². The lowest BCUT2D eigenvalue weighted by Crippen LogP contribution is -2.20. The lowest BCUT2D eigenvalue weighted by Gasteiger charge is -2.15. The minimum absolute atomic E-state index is 0.0998. The topological polar surface area (TPSA) is 82.8 Å². The average Bonchev–Trinajstić information content (AvgIpc) is 2.45. The van der Waals surface area contributed by atoms with Crippen LogP contribution in [0.1, 0.15) is 13.3 Å². The van der Waals surface area contributed by atoms with Gasteiger partial charge in [-0.3, -0.25) is 4.79 Å². The van der Waals surface area contributed by atoms with Crippen LogP contribution in [0.15, 0.2) is 12.1 Å². The molecule has 0 aliphatic rings. The molecule has 0 aliphatic heterocycles. The number of nitrogens with one attached hydrogen (secondary N) is 1. The van der Waals surface area contributed by atoms with Gasteiger partial charge in [0.25, 0.3) is 0 Å². The SMILES string of the molecule is COc1cc(NC(=O)CC(C)CN)cc(OC)c1OC. The summed E-state index contributed by atoms with van der Waals surface area (Å²) in [6.45, 7) is 2.40. The van der Waals surface area contributed by atoms with E-state index in [1.54, 1.807) is 12.1 Å². The zero-order chi connectivity index (χ0) is 15.1. The molecule has 0 aliphatic carbocycles. The number of carbonyl (C=O) groups excluding carboxylic acids is 1. The van der Waals surface area contributed by atoms with Gasteiger partial charge >= 0.3 is 0 Å². The van der Waals surface area contributed by atoms with E-state index in [0.717, 1.165) is 0 Å².